The van der Waals surface area contributed by atoms with E-state index >= 15 is 0 Å². The molecule has 0 saturated carbocycles. The second kappa shape index (κ2) is 6.91. The molecule has 0 aromatic heterocycles. The lowest BCUT2D eigenvalue weighted by Gasteiger charge is -2.35. The van der Waals surface area contributed by atoms with Crippen molar-refractivity contribution < 1.29 is 0 Å². The zero-order valence-electron chi connectivity index (χ0n) is 13.4. The smallest absolute Gasteiger partial charge is 0.00477 e. The van der Waals surface area contributed by atoms with Gasteiger partial charge in [-0.1, -0.05) is 48.0 Å². The van der Waals surface area contributed by atoms with Crippen molar-refractivity contribution in [2.75, 3.05) is 26.2 Å². The van der Waals surface area contributed by atoms with Gasteiger partial charge in [0.25, 0.3) is 0 Å². The molecular formula is C16H34N2. The fourth-order valence-electron chi connectivity index (χ4n) is 3.20. The largest absolute Gasteiger partial charge is 0.314 e. The molecule has 18 heavy (non-hydrogen) atoms. The van der Waals surface area contributed by atoms with Crippen LogP contribution in [0, 0.1) is 17.3 Å². The second-order valence-electron chi connectivity index (χ2n) is 7.24. The third-order valence-electron chi connectivity index (χ3n) is 4.46. The quantitative estimate of drug-likeness (QED) is 0.749. The fraction of sp³-hybridized carbons (Fsp3) is 1.00. The van der Waals surface area contributed by atoms with Gasteiger partial charge >= 0.3 is 0 Å². The first-order valence-electron chi connectivity index (χ1n) is 7.82. The van der Waals surface area contributed by atoms with Crippen LogP contribution in [0.3, 0.4) is 0 Å². The third-order valence-corrected chi connectivity index (χ3v) is 4.46. The molecule has 0 aromatic carbocycles. The van der Waals surface area contributed by atoms with E-state index in [9.17, 15) is 0 Å². The van der Waals surface area contributed by atoms with Crippen LogP contribution in [-0.4, -0.2) is 37.1 Å². The highest BCUT2D eigenvalue weighted by Gasteiger charge is 2.32. The lowest BCUT2D eigenvalue weighted by atomic mass is 9.84. The van der Waals surface area contributed by atoms with Gasteiger partial charge in [0.2, 0.25) is 0 Å². The summed E-state index contributed by atoms with van der Waals surface area (Å²) in [5, 5.41) is 3.64. The van der Waals surface area contributed by atoms with Crippen molar-refractivity contribution in [1.82, 2.24) is 10.2 Å². The van der Waals surface area contributed by atoms with Crippen molar-refractivity contribution >= 4 is 0 Å². The van der Waals surface area contributed by atoms with E-state index in [1.807, 2.05) is 0 Å². The summed E-state index contributed by atoms with van der Waals surface area (Å²) in [5.41, 5.74) is 0.433. The average Bonchev–Trinajstić information content (AvgIpc) is 2.55. The first-order valence-corrected chi connectivity index (χ1v) is 7.82. The van der Waals surface area contributed by atoms with Gasteiger partial charge in [-0.3, -0.25) is 0 Å². The standard InChI is InChI=1S/C16H34N2/c1-7-8-16(6,11-17-13(2)3)12-18-9-14(4)15(5)10-18/h13-15,17H,7-12H2,1-6H3. The Hall–Kier alpha value is -0.0800. The molecule has 0 aliphatic carbocycles. The van der Waals surface area contributed by atoms with Crippen LogP contribution >= 0.6 is 0 Å². The van der Waals surface area contributed by atoms with Crippen LogP contribution in [-0.2, 0) is 0 Å². The van der Waals surface area contributed by atoms with E-state index in [0.29, 0.717) is 11.5 Å². The van der Waals surface area contributed by atoms with E-state index in [1.165, 1.54) is 32.5 Å². The van der Waals surface area contributed by atoms with E-state index < -0.39 is 0 Å². The molecule has 1 aliphatic heterocycles. The van der Waals surface area contributed by atoms with E-state index in [4.69, 9.17) is 0 Å². The molecule has 0 aromatic rings. The molecule has 1 N–H and O–H groups in total. The minimum atomic E-state index is 0.433. The summed E-state index contributed by atoms with van der Waals surface area (Å²) in [6, 6.07) is 0.595. The highest BCUT2D eigenvalue weighted by atomic mass is 15.2. The Balaban J connectivity index is 2.51. The van der Waals surface area contributed by atoms with Crippen LogP contribution in [0.2, 0.25) is 0 Å². The SMILES string of the molecule is CCCC(C)(CNC(C)C)CN1CC(C)C(C)C1. The number of rotatable bonds is 7. The van der Waals surface area contributed by atoms with E-state index in [1.54, 1.807) is 0 Å². The molecule has 1 saturated heterocycles. The van der Waals surface area contributed by atoms with Gasteiger partial charge in [0, 0.05) is 32.2 Å². The first-order chi connectivity index (χ1) is 8.36. The summed E-state index contributed by atoms with van der Waals surface area (Å²) in [6.45, 7) is 19.0. The number of hydrogen-bond acceptors (Lipinski definition) is 2. The maximum Gasteiger partial charge on any atom is 0.00477 e. The van der Waals surface area contributed by atoms with Gasteiger partial charge in [-0.05, 0) is 23.7 Å². The monoisotopic (exact) mass is 254 g/mol. The van der Waals surface area contributed by atoms with Gasteiger partial charge in [0.15, 0.2) is 0 Å². The topological polar surface area (TPSA) is 15.3 Å². The van der Waals surface area contributed by atoms with Crippen LogP contribution in [0.1, 0.15) is 54.4 Å². The summed E-state index contributed by atoms with van der Waals surface area (Å²) in [4.78, 5) is 2.69. The van der Waals surface area contributed by atoms with Crippen molar-refractivity contribution in [3.63, 3.8) is 0 Å². The molecule has 3 unspecified atom stereocenters. The molecule has 1 heterocycles. The molecular weight excluding hydrogens is 220 g/mol. The van der Waals surface area contributed by atoms with Crippen molar-refractivity contribution in [2.24, 2.45) is 17.3 Å². The van der Waals surface area contributed by atoms with Crippen LogP contribution in [0.25, 0.3) is 0 Å². The van der Waals surface area contributed by atoms with Gasteiger partial charge in [0.05, 0.1) is 0 Å². The Kier molecular flexibility index (Phi) is 6.13. The normalized spacial score (nSPS) is 28.8. The molecule has 3 atom stereocenters. The Morgan fingerprint density at radius 3 is 2.22 bits per heavy atom. The van der Waals surface area contributed by atoms with Crippen molar-refractivity contribution in [3.8, 4) is 0 Å². The summed E-state index contributed by atoms with van der Waals surface area (Å²) in [6.07, 6.45) is 2.61. The number of nitrogens with one attached hydrogen (secondary N) is 1. The Labute approximate surface area is 115 Å². The van der Waals surface area contributed by atoms with E-state index in [-0.39, 0.29) is 0 Å². The molecule has 1 aliphatic rings. The fourth-order valence-corrected chi connectivity index (χ4v) is 3.20. The molecule has 0 amide bonds. The first kappa shape index (κ1) is 16.0. The molecule has 2 nitrogen and oxygen atoms in total. The van der Waals surface area contributed by atoms with Crippen molar-refractivity contribution in [3.05, 3.63) is 0 Å². The van der Waals surface area contributed by atoms with Gasteiger partial charge in [0.1, 0.15) is 0 Å². The van der Waals surface area contributed by atoms with Gasteiger partial charge in [-0.2, -0.15) is 0 Å². The van der Waals surface area contributed by atoms with Gasteiger partial charge in [-0.15, -0.1) is 0 Å². The molecule has 1 rings (SSSR count). The van der Waals surface area contributed by atoms with E-state index in [2.05, 4.69) is 51.8 Å². The highest BCUT2D eigenvalue weighted by Crippen LogP contribution is 2.29. The summed E-state index contributed by atoms with van der Waals surface area (Å²) < 4.78 is 0. The van der Waals surface area contributed by atoms with Gasteiger partial charge in [-0.25, -0.2) is 0 Å². The number of hydrogen-bond donors (Lipinski definition) is 1. The second-order valence-corrected chi connectivity index (χ2v) is 7.24. The van der Waals surface area contributed by atoms with Gasteiger partial charge < -0.3 is 10.2 Å². The van der Waals surface area contributed by atoms with Crippen molar-refractivity contribution in [2.45, 2.75) is 60.4 Å². The zero-order chi connectivity index (χ0) is 13.8. The zero-order valence-corrected chi connectivity index (χ0v) is 13.4. The molecule has 2 heteroatoms. The third kappa shape index (κ3) is 4.89. The van der Waals surface area contributed by atoms with Crippen molar-refractivity contribution in [1.29, 1.82) is 0 Å². The predicted octanol–water partition coefficient (Wildman–Crippen LogP) is 3.38. The molecule has 0 spiro atoms. The van der Waals surface area contributed by atoms with Crippen LogP contribution in [0.5, 0.6) is 0 Å². The Morgan fingerprint density at radius 2 is 1.78 bits per heavy atom. The average molecular weight is 254 g/mol. The summed E-state index contributed by atoms with van der Waals surface area (Å²) in [7, 11) is 0. The lowest BCUT2D eigenvalue weighted by Crippen LogP contribution is -2.43. The highest BCUT2D eigenvalue weighted by molar-refractivity contribution is 4.86. The maximum atomic E-state index is 3.64. The molecule has 108 valence electrons. The molecule has 1 fully saturated rings. The molecule has 0 radical (unpaired) electrons. The maximum absolute atomic E-state index is 3.64. The number of likely N-dealkylation sites (tertiary alicyclic amines) is 1. The summed E-state index contributed by atoms with van der Waals surface area (Å²) in [5.74, 6) is 1.74. The molecule has 0 bridgehead atoms. The predicted molar refractivity (Wildman–Crippen MR) is 80.9 cm³/mol. The number of nitrogens with zero attached hydrogens (tertiary/aromatic N) is 1. The lowest BCUT2D eigenvalue weighted by molar-refractivity contribution is 0.164. The van der Waals surface area contributed by atoms with Crippen LogP contribution < -0.4 is 5.32 Å². The van der Waals surface area contributed by atoms with Crippen LogP contribution in [0.15, 0.2) is 0 Å². The minimum absolute atomic E-state index is 0.433. The van der Waals surface area contributed by atoms with E-state index in [0.717, 1.165) is 18.4 Å². The minimum Gasteiger partial charge on any atom is -0.314 e. The Bertz CT molecular complexity index is 229. The van der Waals surface area contributed by atoms with Crippen LogP contribution in [0.4, 0.5) is 0 Å². The Morgan fingerprint density at radius 1 is 1.22 bits per heavy atom. The summed E-state index contributed by atoms with van der Waals surface area (Å²) >= 11 is 0.